The van der Waals surface area contributed by atoms with E-state index in [9.17, 15) is 26.4 Å². The van der Waals surface area contributed by atoms with E-state index in [1.165, 1.54) is 31.2 Å². The molecule has 0 bridgehead atoms. The first-order valence-corrected chi connectivity index (χ1v) is 14.5. The first-order chi connectivity index (χ1) is 20.0. The van der Waals surface area contributed by atoms with Gasteiger partial charge in [0.15, 0.2) is 0 Å². The summed E-state index contributed by atoms with van der Waals surface area (Å²) in [5.41, 5.74) is -0.578. The Morgan fingerprint density at radius 3 is 2.26 bits per heavy atom. The van der Waals surface area contributed by atoms with Gasteiger partial charge in [-0.3, -0.25) is 9.10 Å². The zero-order chi connectivity index (χ0) is 30.4. The van der Waals surface area contributed by atoms with Crippen LogP contribution in [-0.2, 0) is 10.0 Å². The Bertz CT molecular complexity index is 1690. The number of carbonyl (C=O) groups is 1. The minimum atomic E-state index is -4.44. The number of sulfonamides is 1. The van der Waals surface area contributed by atoms with Crippen LogP contribution in [0.5, 0.6) is 5.75 Å². The van der Waals surface area contributed by atoms with Gasteiger partial charge in [0.1, 0.15) is 29.0 Å². The third kappa shape index (κ3) is 7.03. The molecule has 0 fully saturated rings. The third-order valence-corrected chi connectivity index (χ3v) is 8.42. The first kappa shape index (κ1) is 30.9. The van der Waals surface area contributed by atoms with Crippen molar-refractivity contribution in [2.24, 2.45) is 0 Å². The number of hydrogen-bond acceptors (Lipinski definition) is 4. The largest absolute Gasteiger partial charge is 0.493 e. The number of carbonyl (C=O) groups excluding carboxylic acids is 1. The minimum Gasteiger partial charge on any atom is -0.493 e. The molecule has 1 unspecified atom stereocenters. The summed E-state index contributed by atoms with van der Waals surface area (Å²) in [6.07, 6.45) is 0.261. The molecule has 0 saturated heterocycles. The maximum Gasteiger partial charge on any atom is 0.264 e. The van der Waals surface area contributed by atoms with Gasteiger partial charge in [0.05, 0.1) is 28.8 Å². The van der Waals surface area contributed by atoms with Gasteiger partial charge in [-0.15, -0.1) is 0 Å². The van der Waals surface area contributed by atoms with E-state index in [0.717, 1.165) is 40.7 Å². The lowest BCUT2D eigenvalue weighted by Crippen LogP contribution is -2.34. The van der Waals surface area contributed by atoms with Crippen LogP contribution in [0.3, 0.4) is 0 Å². The summed E-state index contributed by atoms with van der Waals surface area (Å²) in [6.45, 7) is 1.62. The molecule has 0 aliphatic rings. The molecule has 6 nitrogen and oxygen atoms in total. The van der Waals surface area contributed by atoms with Crippen LogP contribution in [0.15, 0.2) is 89.8 Å². The smallest absolute Gasteiger partial charge is 0.264 e. The average Bonchev–Trinajstić information content (AvgIpc) is 2.96. The molecule has 0 saturated carbocycles. The lowest BCUT2D eigenvalue weighted by atomic mass is 10.1. The molecule has 0 heterocycles. The van der Waals surface area contributed by atoms with Crippen molar-refractivity contribution in [3.05, 3.63) is 124 Å². The second-order valence-electron chi connectivity index (χ2n) is 9.15. The Kier molecular flexibility index (Phi) is 9.74. The highest BCUT2D eigenvalue weighted by Gasteiger charge is 2.34. The van der Waals surface area contributed by atoms with Crippen LogP contribution in [0.1, 0.15) is 35.3 Å². The van der Waals surface area contributed by atoms with E-state index < -0.39 is 56.5 Å². The van der Waals surface area contributed by atoms with Crippen LogP contribution in [-0.4, -0.2) is 27.5 Å². The second-order valence-corrected chi connectivity index (χ2v) is 11.4. The van der Waals surface area contributed by atoms with Gasteiger partial charge in [0.2, 0.25) is 0 Å². The number of benzene rings is 4. The highest BCUT2D eigenvalue weighted by Crippen LogP contribution is 2.38. The molecule has 4 aromatic carbocycles. The van der Waals surface area contributed by atoms with Gasteiger partial charge in [-0.1, -0.05) is 29.8 Å². The molecule has 42 heavy (non-hydrogen) atoms. The van der Waals surface area contributed by atoms with E-state index in [0.29, 0.717) is 10.6 Å². The summed E-state index contributed by atoms with van der Waals surface area (Å²) in [6, 6.07) is 15.8. The average molecular weight is 621 g/mol. The van der Waals surface area contributed by atoms with Crippen LogP contribution in [0.2, 0.25) is 5.02 Å². The van der Waals surface area contributed by atoms with Crippen molar-refractivity contribution < 1.29 is 35.5 Å². The van der Waals surface area contributed by atoms with Crippen LogP contribution < -0.4 is 14.4 Å². The molecule has 4 aromatic rings. The van der Waals surface area contributed by atoms with Crippen molar-refractivity contribution in [2.45, 2.75) is 24.3 Å². The first-order valence-electron chi connectivity index (χ1n) is 12.7. The third-order valence-electron chi connectivity index (χ3n) is 6.27. The molecule has 0 radical (unpaired) electrons. The Balaban J connectivity index is 1.55. The molecular formula is C30H25ClF4N2O4S. The van der Waals surface area contributed by atoms with Crippen molar-refractivity contribution in [2.75, 3.05) is 17.5 Å². The number of hydrogen-bond donors (Lipinski definition) is 1. The highest BCUT2D eigenvalue weighted by atomic mass is 35.5. The molecule has 0 aliphatic carbocycles. The maximum absolute atomic E-state index is 15.0. The predicted molar refractivity (Wildman–Crippen MR) is 151 cm³/mol. The van der Waals surface area contributed by atoms with Gasteiger partial charge < -0.3 is 10.1 Å². The predicted octanol–water partition coefficient (Wildman–Crippen LogP) is 7.05. The number of anilines is 1. The number of rotatable bonds is 11. The molecule has 0 aliphatic heterocycles. The highest BCUT2D eigenvalue weighted by molar-refractivity contribution is 7.92. The van der Waals surface area contributed by atoms with E-state index in [1.807, 2.05) is 0 Å². The Morgan fingerprint density at radius 1 is 0.905 bits per heavy atom. The zero-order valence-corrected chi connectivity index (χ0v) is 23.7. The Labute approximate surface area is 245 Å². The molecule has 220 valence electrons. The van der Waals surface area contributed by atoms with E-state index in [4.69, 9.17) is 16.3 Å². The molecule has 1 amide bonds. The van der Waals surface area contributed by atoms with Crippen molar-refractivity contribution >= 4 is 33.2 Å². The molecular weight excluding hydrogens is 596 g/mol. The summed E-state index contributed by atoms with van der Waals surface area (Å²) >= 11 is 5.93. The van der Waals surface area contributed by atoms with Crippen molar-refractivity contribution in [3.8, 4) is 5.75 Å². The quantitative estimate of drug-likeness (QED) is 0.144. The number of ether oxygens (including phenoxy) is 1. The number of amides is 1. The topological polar surface area (TPSA) is 75.7 Å². The normalized spacial score (nSPS) is 12.0. The van der Waals surface area contributed by atoms with E-state index in [1.54, 1.807) is 24.3 Å². The van der Waals surface area contributed by atoms with E-state index in [2.05, 4.69) is 5.32 Å². The fourth-order valence-corrected chi connectivity index (χ4v) is 5.99. The van der Waals surface area contributed by atoms with Gasteiger partial charge in [-0.25, -0.2) is 26.0 Å². The Hall–Kier alpha value is -4.09. The lowest BCUT2D eigenvalue weighted by molar-refractivity contribution is 0.0947. The van der Waals surface area contributed by atoms with E-state index in [-0.39, 0.29) is 30.2 Å². The summed E-state index contributed by atoms with van der Waals surface area (Å²) in [7, 11) is -4.44. The molecule has 4 rings (SSSR count). The summed E-state index contributed by atoms with van der Waals surface area (Å²) in [4.78, 5) is 12.0. The number of halogens is 5. The SMILES string of the molecule is CC(c1ccccc1OCCCNC(=O)c1cc(F)ccc1F)N(c1cc(F)ccc1F)S(=O)(=O)c1ccc(Cl)cc1. The maximum atomic E-state index is 15.0. The van der Waals surface area contributed by atoms with E-state index >= 15 is 4.39 Å². The summed E-state index contributed by atoms with van der Waals surface area (Å²) < 4.78 is 90.8. The second kappa shape index (κ2) is 13.3. The number of nitrogens with one attached hydrogen (secondary N) is 1. The van der Waals surface area contributed by atoms with Crippen molar-refractivity contribution in [1.82, 2.24) is 5.32 Å². The summed E-state index contributed by atoms with van der Waals surface area (Å²) in [5.74, 6) is -3.92. The molecule has 0 spiro atoms. The van der Waals surface area contributed by atoms with Gasteiger partial charge in [-0.05, 0) is 74.0 Å². The van der Waals surface area contributed by atoms with Crippen LogP contribution >= 0.6 is 11.6 Å². The fourth-order valence-electron chi connectivity index (χ4n) is 4.23. The molecule has 12 heteroatoms. The zero-order valence-electron chi connectivity index (χ0n) is 22.2. The molecule has 1 atom stereocenters. The fraction of sp³-hybridized carbons (Fsp3) is 0.167. The van der Waals surface area contributed by atoms with Gasteiger partial charge >= 0.3 is 0 Å². The summed E-state index contributed by atoms with van der Waals surface area (Å²) in [5, 5.41) is 2.78. The van der Waals surface area contributed by atoms with Crippen LogP contribution in [0.4, 0.5) is 23.2 Å². The number of nitrogens with zero attached hydrogens (tertiary/aromatic N) is 1. The van der Waals surface area contributed by atoms with Gasteiger partial charge in [-0.2, -0.15) is 0 Å². The molecule has 0 aromatic heterocycles. The van der Waals surface area contributed by atoms with Crippen molar-refractivity contribution in [1.29, 1.82) is 0 Å². The number of para-hydroxylation sites is 1. The Morgan fingerprint density at radius 2 is 1.55 bits per heavy atom. The van der Waals surface area contributed by atoms with Crippen LogP contribution in [0, 0.1) is 23.3 Å². The monoisotopic (exact) mass is 620 g/mol. The van der Waals surface area contributed by atoms with Gasteiger partial charge in [0.25, 0.3) is 15.9 Å². The van der Waals surface area contributed by atoms with Gasteiger partial charge in [0, 0.05) is 23.2 Å². The lowest BCUT2D eigenvalue weighted by Gasteiger charge is -2.32. The molecule has 1 N–H and O–H groups in total. The minimum absolute atomic E-state index is 0.0495. The van der Waals surface area contributed by atoms with Crippen molar-refractivity contribution in [3.63, 3.8) is 0 Å². The van der Waals surface area contributed by atoms with Crippen LogP contribution in [0.25, 0.3) is 0 Å². The standard InChI is InChI=1S/C30H25ClF4N2O4S/c1-19(37(28-18-22(33)10-14-27(28)35)42(39,40)23-11-7-20(31)8-12-23)24-5-2-3-6-29(24)41-16-4-15-36-30(38)25-17-21(32)9-13-26(25)34/h2-3,5-14,17-19H,4,15-16H2,1H3,(H,36,38).